The maximum absolute atomic E-state index is 11.1. The van der Waals surface area contributed by atoms with E-state index in [-0.39, 0.29) is 5.91 Å². The lowest BCUT2D eigenvalue weighted by molar-refractivity contribution is -0.114. The number of hydrogen-bond donors (Lipinski definition) is 2. The topological polar surface area (TPSA) is 41.1 Å². The Labute approximate surface area is 137 Å². The summed E-state index contributed by atoms with van der Waals surface area (Å²) >= 11 is 9.60. The van der Waals surface area contributed by atoms with E-state index in [0.29, 0.717) is 11.6 Å². The van der Waals surface area contributed by atoms with Crippen LogP contribution in [0.4, 0.5) is 11.4 Å². The van der Waals surface area contributed by atoms with Crippen LogP contribution >= 0.6 is 27.5 Å². The van der Waals surface area contributed by atoms with Gasteiger partial charge in [-0.2, -0.15) is 0 Å². The second-order valence-electron chi connectivity index (χ2n) is 4.80. The fourth-order valence-corrected chi connectivity index (χ4v) is 2.69. The van der Waals surface area contributed by atoms with Gasteiger partial charge in [0, 0.05) is 34.3 Å². The largest absolute Gasteiger partial charge is 0.381 e. The number of hydrogen-bond acceptors (Lipinski definition) is 2. The molecule has 110 valence electrons. The van der Waals surface area contributed by atoms with E-state index in [9.17, 15) is 4.79 Å². The normalized spacial score (nSPS) is 10.3. The van der Waals surface area contributed by atoms with E-state index < -0.39 is 0 Å². The predicted octanol–water partition coefficient (Wildman–Crippen LogP) is 4.98. The van der Waals surface area contributed by atoms with Gasteiger partial charge < -0.3 is 10.6 Å². The van der Waals surface area contributed by atoms with Crippen molar-refractivity contribution in [1.29, 1.82) is 0 Å². The van der Waals surface area contributed by atoms with Crippen LogP contribution in [0.1, 0.15) is 18.1 Å². The van der Waals surface area contributed by atoms with Gasteiger partial charge in [-0.25, -0.2) is 0 Å². The third-order valence-electron chi connectivity index (χ3n) is 3.04. The molecule has 1 amide bonds. The zero-order chi connectivity index (χ0) is 15.4. The minimum Gasteiger partial charge on any atom is -0.381 e. The highest BCUT2D eigenvalue weighted by Gasteiger charge is 2.04. The molecule has 0 atom stereocenters. The fraction of sp³-hybridized carbons (Fsp3) is 0.188. The van der Waals surface area contributed by atoms with Crippen molar-refractivity contribution >= 4 is 44.8 Å². The van der Waals surface area contributed by atoms with Crippen LogP contribution in [0.2, 0.25) is 5.02 Å². The minimum atomic E-state index is -0.0826. The first-order valence-corrected chi connectivity index (χ1v) is 7.69. The molecule has 0 bridgehead atoms. The number of aryl methyl sites for hydroxylation is 1. The molecule has 0 aliphatic rings. The molecule has 0 saturated heterocycles. The lowest BCUT2D eigenvalue weighted by Gasteiger charge is -2.13. The number of carbonyl (C=O) groups is 1. The van der Waals surface area contributed by atoms with Crippen molar-refractivity contribution in [3.8, 4) is 0 Å². The van der Waals surface area contributed by atoms with Crippen LogP contribution in [0.25, 0.3) is 0 Å². The van der Waals surface area contributed by atoms with Crippen molar-refractivity contribution in [2.24, 2.45) is 0 Å². The number of carbonyl (C=O) groups excluding carboxylic acids is 1. The van der Waals surface area contributed by atoms with E-state index in [1.807, 2.05) is 43.3 Å². The van der Waals surface area contributed by atoms with Crippen molar-refractivity contribution in [2.75, 3.05) is 10.6 Å². The van der Waals surface area contributed by atoms with Crippen molar-refractivity contribution in [2.45, 2.75) is 20.4 Å². The van der Waals surface area contributed by atoms with Crippen LogP contribution in [0.3, 0.4) is 0 Å². The Hall–Kier alpha value is -1.52. The van der Waals surface area contributed by atoms with Crippen molar-refractivity contribution in [1.82, 2.24) is 0 Å². The Bertz CT molecular complexity index is 673. The van der Waals surface area contributed by atoms with Gasteiger partial charge in [-0.1, -0.05) is 39.7 Å². The molecule has 0 saturated carbocycles. The van der Waals surface area contributed by atoms with E-state index in [0.717, 1.165) is 27.0 Å². The molecular formula is C16H16BrClN2O. The SMILES string of the molecule is CC(=O)Nc1ccc(C)c(NCc2ccc(Br)cc2Cl)c1. The summed E-state index contributed by atoms with van der Waals surface area (Å²) in [6.07, 6.45) is 0. The second-order valence-corrected chi connectivity index (χ2v) is 6.12. The van der Waals surface area contributed by atoms with E-state index in [4.69, 9.17) is 11.6 Å². The third-order valence-corrected chi connectivity index (χ3v) is 3.89. The Morgan fingerprint density at radius 2 is 2.00 bits per heavy atom. The van der Waals surface area contributed by atoms with Gasteiger partial charge in [-0.15, -0.1) is 0 Å². The molecule has 0 heterocycles. The van der Waals surface area contributed by atoms with Crippen LogP contribution in [-0.4, -0.2) is 5.91 Å². The zero-order valence-corrected chi connectivity index (χ0v) is 14.2. The zero-order valence-electron chi connectivity index (χ0n) is 11.8. The molecule has 3 nitrogen and oxygen atoms in total. The number of benzene rings is 2. The highest BCUT2D eigenvalue weighted by atomic mass is 79.9. The van der Waals surface area contributed by atoms with Gasteiger partial charge in [0.1, 0.15) is 0 Å². The molecule has 2 aromatic rings. The highest BCUT2D eigenvalue weighted by Crippen LogP contribution is 2.24. The van der Waals surface area contributed by atoms with Gasteiger partial charge in [0.05, 0.1) is 0 Å². The molecule has 2 rings (SSSR count). The standard InChI is InChI=1S/C16H16BrClN2O/c1-10-3-6-14(20-11(2)21)8-16(10)19-9-12-4-5-13(17)7-15(12)18/h3-8,19H,9H2,1-2H3,(H,20,21). The average Bonchev–Trinajstić information content (AvgIpc) is 2.40. The van der Waals surface area contributed by atoms with Gasteiger partial charge in [0.2, 0.25) is 5.91 Å². The molecule has 0 radical (unpaired) electrons. The molecule has 0 aromatic heterocycles. The van der Waals surface area contributed by atoms with Crippen LogP contribution in [0.5, 0.6) is 0 Å². The summed E-state index contributed by atoms with van der Waals surface area (Å²) < 4.78 is 0.958. The molecule has 2 N–H and O–H groups in total. The Morgan fingerprint density at radius 1 is 1.24 bits per heavy atom. The first-order valence-electron chi connectivity index (χ1n) is 6.52. The van der Waals surface area contributed by atoms with E-state index in [1.54, 1.807) is 0 Å². The molecule has 0 spiro atoms. The highest BCUT2D eigenvalue weighted by molar-refractivity contribution is 9.10. The molecular weight excluding hydrogens is 352 g/mol. The molecule has 2 aromatic carbocycles. The quantitative estimate of drug-likeness (QED) is 0.800. The monoisotopic (exact) mass is 366 g/mol. The van der Waals surface area contributed by atoms with E-state index >= 15 is 0 Å². The van der Waals surface area contributed by atoms with Crippen LogP contribution in [0.15, 0.2) is 40.9 Å². The number of rotatable bonds is 4. The maximum atomic E-state index is 11.1. The number of anilines is 2. The van der Waals surface area contributed by atoms with Crippen LogP contribution in [0, 0.1) is 6.92 Å². The molecule has 21 heavy (non-hydrogen) atoms. The molecule has 0 fully saturated rings. The molecule has 0 unspecified atom stereocenters. The number of nitrogens with one attached hydrogen (secondary N) is 2. The Balaban J connectivity index is 2.13. The van der Waals surface area contributed by atoms with E-state index in [2.05, 4.69) is 26.6 Å². The van der Waals surface area contributed by atoms with Gasteiger partial charge in [0.25, 0.3) is 0 Å². The Kier molecular flexibility index (Phi) is 5.26. The molecule has 0 aliphatic heterocycles. The molecule has 5 heteroatoms. The first kappa shape index (κ1) is 15.9. The van der Waals surface area contributed by atoms with Crippen molar-refractivity contribution < 1.29 is 4.79 Å². The maximum Gasteiger partial charge on any atom is 0.221 e. The lowest BCUT2D eigenvalue weighted by Crippen LogP contribution is -2.07. The summed E-state index contributed by atoms with van der Waals surface area (Å²) in [6, 6.07) is 11.6. The van der Waals surface area contributed by atoms with Crippen LogP contribution in [-0.2, 0) is 11.3 Å². The second kappa shape index (κ2) is 6.96. The fourth-order valence-electron chi connectivity index (χ4n) is 1.95. The van der Waals surface area contributed by atoms with Gasteiger partial charge in [-0.3, -0.25) is 4.79 Å². The number of halogens is 2. The third kappa shape index (κ3) is 4.48. The lowest BCUT2D eigenvalue weighted by atomic mass is 10.1. The first-order chi connectivity index (χ1) is 9.95. The minimum absolute atomic E-state index is 0.0826. The average molecular weight is 368 g/mol. The van der Waals surface area contributed by atoms with Gasteiger partial charge >= 0.3 is 0 Å². The van der Waals surface area contributed by atoms with E-state index in [1.165, 1.54) is 6.92 Å². The summed E-state index contributed by atoms with van der Waals surface area (Å²) in [6.45, 7) is 4.13. The smallest absolute Gasteiger partial charge is 0.221 e. The summed E-state index contributed by atoms with van der Waals surface area (Å²) in [5.74, 6) is -0.0826. The van der Waals surface area contributed by atoms with Crippen molar-refractivity contribution in [3.05, 3.63) is 57.0 Å². The summed E-state index contributed by atoms with van der Waals surface area (Å²) in [5, 5.41) is 6.85. The predicted molar refractivity (Wildman–Crippen MR) is 92.0 cm³/mol. The summed E-state index contributed by atoms with van der Waals surface area (Å²) in [7, 11) is 0. The van der Waals surface area contributed by atoms with Gasteiger partial charge in [0.15, 0.2) is 0 Å². The number of amides is 1. The van der Waals surface area contributed by atoms with Crippen LogP contribution < -0.4 is 10.6 Å². The Morgan fingerprint density at radius 3 is 2.67 bits per heavy atom. The molecule has 0 aliphatic carbocycles. The van der Waals surface area contributed by atoms with Crippen molar-refractivity contribution in [3.63, 3.8) is 0 Å². The summed E-state index contributed by atoms with van der Waals surface area (Å²) in [5.41, 5.74) is 3.87. The summed E-state index contributed by atoms with van der Waals surface area (Å²) in [4.78, 5) is 11.1. The van der Waals surface area contributed by atoms with Gasteiger partial charge in [-0.05, 0) is 42.3 Å².